The lowest BCUT2D eigenvalue weighted by Crippen LogP contribution is -2.28. The van der Waals surface area contributed by atoms with E-state index in [1.54, 1.807) is 36.3 Å². The maximum Gasteiger partial charge on any atom is 0.256 e. The smallest absolute Gasteiger partial charge is 0.256 e. The number of anilines is 1. The van der Waals surface area contributed by atoms with Crippen molar-refractivity contribution >= 4 is 29.1 Å². The molecule has 0 saturated carbocycles. The summed E-state index contributed by atoms with van der Waals surface area (Å²) in [4.78, 5) is 27.0. The molecule has 2 aromatic rings. The second kappa shape index (κ2) is 7.25. The van der Waals surface area contributed by atoms with Crippen molar-refractivity contribution in [2.45, 2.75) is 13.5 Å². The van der Waals surface area contributed by atoms with Gasteiger partial charge in [0.2, 0.25) is 0 Å². The maximum absolute atomic E-state index is 12.7. The van der Waals surface area contributed by atoms with Gasteiger partial charge in [0.25, 0.3) is 11.8 Å². The Kier molecular flexibility index (Phi) is 5.06. The van der Waals surface area contributed by atoms with E-state index in [9.17, 15) is 9.59 Å². The normalized spacial score (nSPS) is 13.1. The van der Waals surface area contributed by atoms with E-state index in [-0.39, 0.29) is 11.8 Å². The van der Waals surface area contributed by atoms with Gasteiger partial charge in [-0.3, -0.25) is 9.59 Å². The minimum Gasteiger partial charge on any atom is -0.383 e. The van der Waals surface area contributed by atoms with Crippen LogP contribution < -0.4 is 5.32 Å². The Morgan fingerprint density at radius 2 is 2.12 bits per heavy atom. The molecule has 130 valence electrons. The highest BCUT2D eigenvalue weighted by atomic mass is 35.5. The first-order valence-electron chi connectivity index (χ1n) is 7.99. The fourth-order valence-corrected chi connectivity index (χ4v) is 3.04. The molecule has 1 aliphatic rings. The van der Waals surface area contributed by atoms with Crippen LogP contribution in [0.25, 0.3) is 0 Å². The van der Waals surface area contributed by atoms with Crippen LogP contribution in [0, 0.1) is 6.92 Å². The number of halogens is 1. The molecule has 25 heavy (non-hydrogen) atoms. The lowest BCUT2D eigenvalue weighted by molar-refractivity contribution is 0.0716. The molecular formula is C19H19ClN2O3. The first kappa shape index (κ1) is 17.5. The number of ether oxygens (including phenoxy) is 1. The molecule has 0 aliphatic carbocycles. The number of methoxy groups -OCH3 is 1. The second-order valence-electron chi connectivity index (χ2n) is 5.98. The fourth-order valence-electron chi connectivity index (χ4n) is 2.86. The number of amides is 2. The summed E-state index contributed by atoms with van der Waals surface area (Å²) in [6.07, 6.45) is 0. The topological polar surface area (TPSA) is 58.6 Å². The van der Waals surface area contributed by atoms with Gasteiger partial charge in [0.1, 0.15) is 0 Å². The zero-order chi connectivity index (χ0) is 18.0. The predicted octanol–water partition coefficient (Wildman–Crippen LogP) is 3.50. The summed E-state index contributed by atoms with van der Waals surface area (Å²) in [5.41, 5.74) is 3.23. The van der Waals surface area contributed by atoms with Crippen LogP contribution in [-0.4, -0.2) is 37.0 Å². The van der Waals surface area contributed by atoms with Gasteiger partial charge in [-0.25, -0.2) is 0 Å². The third-order valence-corrected chi connectivity index (χ3v) is 4.66. The van der Waals surface area contributed by atoms with E-state index in [1.165, 1.54) is 0 Å². The molecule has 1 N–H and O–H groups in total. The summed E-state index contributed by atoms with van der Waals surface area (Å²) in [6, 6.07) is 10.7. The lowest BCUT2D eigenvalue weighted by Gasteiger charge is -2.14. The van der Waals surface area contributed by atoms with Gasteiger partial charge in [0.05, 0.1) is 17.7 Å². The van der Waals surface area contributed by atoms with E-state index in [0.29, 0.717) is 41.5 Å². The molecule has 2 aromatic carbocycles. The van der Waals surface area contributed by atoms with Crippen molar-refractivity contribution in [3.8, 4) is 0 Å². The zero-order valence-electron chi connectivity index (χ0n) is 14.1. The number of carbonyl (C=O) groups excluding carboxylic acids is 2. The number of hydrogen-bond acceptors (Lipinski definition) is 3. The van der Waals surface area contributed by atoms with Crippen molar-refractivity contribution in [2.24, 2.45) is 0 Å². The average Bonchev–Trinajstić information content (AvgIpc) is 2.92. The molecule has 5 nitrogen and oxygen atoms in total. The standard InChI is InChI=1S/C19H19ClN2O3/c1-12-6-7-14(10-16(12)20)21-18(23)15-5-3-4-13-11-22(8-9-25-2)19(24)17(13)15/h3-7,10H,8-9,11H2,1-2H3,(H,21,23). The summed E-state index contributed by atoms with van der Waals surface area (Å²) in [6.45, 7) is 3.35. The van der Waals surface area contributed by atoms with Gasteiger partial charge in [-0.1, -0.05) is 29.8 Å². The molecule has 1 aliphatic heterocycles. The Hall–Kier alpha value is -2.37. The minimum absolute atomic E-state index is 0.139. The molecule has 0 bridgehead atoms. The molecule has 0 fully saturated rings. The Morgan fingerprint density at radius 1 is 1.32 bits per heavy atom. The molecular weight excluding hydrogens is 340 g/mol. The Labute approximate surface area is 151 Å². The largest absolute Gasteiger partial charge is 0.383 e. The van der Waals surface area contributed by atoms with E-state index in [0.717, 1.165) is 11.1 Å². The quantitative estimate of drug-likeness (QED) is 0.889. The van der Waals surface area contributed by atoms with Gasteiger partial charge in [-0.05, 0) is 36.2 Å². The van der Waals surface area contributed by atoms with Crippen LogP contribution >= 0.6 is 11.6 Å². The van der Waals surface area contributed by atoms with E-state index in [4.69, 9.17) is 16.3 Å². The predicted molar refractivity (Wildman–Crippen MR) is 97.2 cm³/mol. The molecule has 6 heteroatoms. The third kappa shape index (κ3) is 3.52. The van der Waals surface area contributed by atoms with E-state index in [2.05, 4.69) is 5.32 Å². The molecule has 0 radical (unpaired) electrons. The molecule has 3 rings (SSSR count). The van der Waals surface area contributed by atoms with Crippen molar-refractivity contribution in [3.63, 3.8) is 0 Å². The van der Waals surface area contributed by atoms with Crippen LogP contribution in [-0.2, 0) is 11.3 Å². The summed E-state index contributed by atoms with van der Waals surface area (Å²) in [7, 11) is 1.60. The van der Waals surface area contributed by atoms with Crippen molar-refractivity contribution < 1.29 is 14.3 Å². The summed E-state index contributed by atoms with van der Waals surface area (Å²) in [5, 5.41) is 3.40. The van der Waals surface area contributed by atoms with Gasteiger partial charge >= 0.3 is 0 Å². The maximum atomic E-state index is 12.7. The van der Waals surface area contributed by atoms with Crippen molar-refractivity contribution in [3.05, 3.63) is 63.7 Å². The molecule has 0 atom stereocenters. The molecule has 2 amide bonds. The highest BCUT2D eigenvalue weighted by molar-refractivity contribution is 6.31. The second-order valence-corrected chi connectivity index (χ2v) is 6.38. The van der Waals surface area contributed by atoms with Crippen LogP contribution in [0.1, 0.15) is 31.8 Å². The number of hydrogen-bond donors (Lipinski definition) is 1. The number of fused-ring (bicyclic) bond motifs is 1. The average molecular weight is 359 g/mol. The zero-order valence-corrected chi connectivity index (χ0v) is 14.9. The van der Waals surface area contributed by atoms with Gasteiger partial charge in [-0.2, -0.15) is 0 Å². The molecule has 1 heterocycles. The van der Waals surface area contributed by atoms with Crippen LogP contribution in [0.3, 0.4) is 0 Å². The molecule has 0 aromatic heterocycles. The van der Waals surface area contributed by atoms with Crippen molar-refractivity contribution in [2.75, 3.05) is 25.6 Å². The van der Waals surface area contributed by atoms with Gasteiger partial charge in [0.15, 0.2) is 0 Å². The highest BCUT2D eigenvalue weighted by Crippen LogP contribution is 2.27. The van der Waals surface area contributed by atoms with Gasteiger partial charge < -0.3 is 15.0 Å². The summed E-state index contributed by atoms with van der Waals surface area (Å²) >= 11 is 6.10. The van der Waals surface area contributed by atoms with Crippen LogP contribution in [0.2, 0.25) is 5.02 Å². The van der Waals surface area contributed by atoms with Crippen LogP contribution in [0.15, 0.2) is 36.4 Å². The monoisotopic (exact) mass is 358 g/mol. The van der Waals surface area contributed by atoms with E-state index >= 15 is 0 Å². The molecule has 0 spiro atoms. The van der Waals surface area contributed by atoms with Gasteiger partial charge in [-0.15, -0.1) is 0 Å². The molecule has 0 unspecified atom stereocenters. The number of aryl methyl sites for hydroxylation is 1. The molecule has 0 saturated heterocycles. The lowest BCUT2D eigenvalue weighted by atomic mass is 10.0. The SMILES string of the molecule is COCCN1Cc2cccc(C(=O)Nc3ccc(C)c(Cl)c3)c2C1=O. The first-order valence-corrected chi connectivity index (χ1v) is 8.36. The van der Waals surface area contributed by atoms with Crippen molar-refractivity contribution in [1.29, 1.82) is 0 Å². The van der Waals surface area contributed by atoms with Crippen LogP contribution in [0.4, 0.5) is 5.69 Å². The Morgan fingerprint density at radius 3 is 2.84 bits per heavy atom. The first-order chi connectivity index (χ1) is 12.0. The van der Waals surface area contributed by atoms with Gasteiger partial charge in [0, 0.05) is 30.9 Å². The third-order valence-electron chi connectivity index (χ3n) is 4.25. The summed E-state index contributed by atoms with van der Waals surface area (Å²) < 4.78 is 5.04. The Balaban J connectivity index is 1.85. The number of nitrogens with zero attached hydrogens (tertiary/aromatic N) is 1. The fraction of sp³-hybridized carbons (Fsp3) is 0.263. The number of benzene rings is 2. The van der Waals surface area contributed by atoms with E-state index in [1.807, 2.05) is 19.1 Å². The summed E-state index contributed by atoms with van der Waals surface area (Å²) in [5.74, 6) is -0.460. The highest BCUT2D eigenvalue weighted by Gasteiger charge is 2.31. The number of nitrogens with one attached hydrogen (secondary N) is 1. The minimum atomic E-state index is -0.321. The number of carbonyl (C=O) groups is 2. The van der Waals surface area contributed by atoms with Crippen LogP contribution in [0.5, 0.6) is 0 Å². The van der Waals surface area contributed by atoms with E-state index < -0.39 is 0 Å². The van der Waals surface area contributed by atoms with Crippen molar-refractivity contribution in [1.82, 2.24) is 4.90 Å². The number of rotatable bonds is 5. The Bertz CT molecular complexity index is 835.